The quantitative estimate of drug-likeness (QED) is 0.896. The van der Waals surface area contributed by atoms with Crippen molar-refractivity contribution in [3.63, 3.8) is 0 Å². The largest absolute Gasteiger partial charge is 0.360 e. The third kappa shape index (κ3) is 3.22. The number of carbonyl (C=O) groups is 1. The van der Waals surface area contributed by atoms with Crippen LogP contribution in [0.4, 0.5) is 5.82 Å². The van der Waals surface area contributed by atoms with E-state index in [1.807, 2.05) is 24.3 Å². The van der Waals surface area contributed by atoms with E-state index in [1.165, 1.54) is 5.56 Å². The normalized spacial score (nSPS) is 11.4. The molecule has 0 saturated carbocycles. The van der Waals surface area contributed by atoms with Crippen molar-refractivity contribution in [2.24, 2.45) is 0 Å². The number of hydrogen-bond acceptors (Lipinski definition) is 3. The molecule has 0 bridgehead atoms. The number of carbonyl (C=O) groups excluding carboxylic acids is 1. The number of rotatable bonds is 2. The molecule has 0 atom stereocenters. The zero-order chi connectivity index (χ0) is 14.0. The predicted molar refractivity (Wildman–Crippen MR) is 74.3 cm³/mol. The SMILES string of the molecule is Cc1cc(NC(=O)c2ccc(C(C)(C)C)cc2)no1. The molecule has 0 spiro atoms. The molecule has 2 rings (SSSR count). The summed E-state index contributed by atoms with van der Waals surface area (Å²) in [5.41, 5.74) is 1.88. The van der Waals surface area contributed by atoms with Crippen LogP contribution in [0.2, 0.25) is 0 Å². The van der Waals surface area contributed by atoms with E-state index in [4.69, 9.17) is 4.52 Å². The van der Waals surface area contributed by atoms with Gasteiger partial charge in [-0.05, 0) is 30.0 Å². The van der Waals surface area contributed by atoms with Crippen molar-refractivity contribution in [1.29, 1.82) is 0 Å². The Bertz CT molecular complexity index is 577. The monoisotopic (exact) mass is 258 g/mol. The fourth-order valence-electron chi connectivity index (χ4n) is 1.74. The van der Waals surface area contributed by atoms with Gasteiger partial charge in [0.05, 0.1) is 0 Å². The molecule has 0 aliphatic carbocycles. The third-order valence-electron chi connectivity index (χ3n) is 2.88. The topological polar surface area (TPSA) is 55.1 Å². The molecule has 0 radical (unpaired) electrons. The number of amides is 1. The van der Waals surface area contributed by atoms with E-state index in [0.717, 1.165) is 0 Å². The maximum absolute atomic E-state index is 12.0. The van der Waals surface area contributed by atoms with E-state index in [-0.39, 0.29) is 11.3 Å². The van der Waals surface area contributed by atoms with Crippen LogP contribution in [0.1, 0.15) is 42.5 Å². The molecule has 0 fully saturated rings. The van der Waals surface area contributed by atoms with Crippen LogP contribution < -0.4 is 5.32 Å². The summed E-state index contributed by atoms with van der Waals surface area (Å²) in [4.78, 5) is 12.0. The van der Waals surface area contributed by atoms with Crippen LogP contribution in [-0.2, 0) is 5.41 Å². The summed E-state index contributed by atoms with van der Waals surface area (Å²) >= 11 is 0. The molecule has 1 aromatic carbocycles. The first-order valence-electron chi connectivity index (χ1n) is 6.21. The summed E-state index contributed by atoms with van der Waals surface area (Å²) in [5, 5.41) is 6.42. The lowest BCUT2D eigenvalue weighted by Crippen LogP contribution is -2.14. The minimum Gasteiger partial charge on any atom is -0.360 e. The summed E-state index contributed by atoms with van der Waals surface area (Å²) < 4.78 is 4.90. The van der Waals surface area contributed by atoms with Crippen LogP contribution in [0, 0.1) is 6.92 Å². The fraction of sp³-hybridized carbons (Fsp3) is 0.333. The van der Waals surface area contributed by atoms with Gasteiger partial charge in [0.15, 0.2) is 5.82 Å². The molecule has 19 heavy (non-hydrogen) atoms. The van der Waals surface area contributed by atoms with Gasteiger partial charge in [0, 0.05) is 11.6 Å². The number of aryl methyl sites for hydroxylation is 1. The first kappa shape index (κ1) is 13.3. The highest BCUT2D eigenvalue weighted by molar-refractivity contribution is 6.03. The van der Waals surface area contributed by atoms with Crippen LogP contribution in [0.25, 0.3) is 0 Å². The summed E-state index contributed by atoms with van der Waals surface area (Å²) in [6.07, 6.45) is 0. The van der Waals surface area contributed by atoms with Gasteiger partial charge in [-0.15, -0.1) is 0 Å². The van der Waals surface area contributed by atoms with Crippen LogP contribution in [0.3, 0.4) is 0 Å². The van der Waals surface area contributed by atoms with Gasteiger partial charge in [0.25, 0.3) is 5.91 Å². The fourth-order valence-corrected chi connectivity index (χ4v) is 1.74. The standard InChI is InChI=1S/C15H18N2O2/c1-10-9-13(17-19-10)16-14(18)11-5-7-12(8-6-11)15(2,3)4/h5-9H,1-4H3,(H,16,17,18). The average molecular weight is 258 g/mol. The lowest BCUT2D eigenvalue weighted by molar-refractivity contribution is 0.102. The van der Waals surface area contributed by atoms with Crippen molar-refractivity contribution in [2.75, 3.05) is 5.32 Å². The van der Waals surface area contributed by atoms with Crippen molar-refractivity contribution < 1.29 is 9.32 Å². The van der Waals surface area contributed by atoms with E-state index in [9.17, 15) is 4.79 Å². The van der Waals surface area contributed by atoms with Crippen LogP contribution in [0.15, 0.2) is 34.9 Å². The zero-order valence-electron chi connectivity index (χ0n) is 11.7. The Morgan fingerprint density at radius 2 is 1.84 bits per heavy atom. The molecule has 1 aromatic heterocycles. The van der Waals surface area contributed by atoms with Gasteiger partial charge in [-0.3, -0.25) is 4.79 Å². The van der Waals surface area contributed by atoms with Gasteiger partial charge in [-0.25, -0.2) is 0 Å². The summed E-state index contributed by atoms with van der Waals surface area (Å²) in [5.74, 6) is 0.912. The average Bonchev–Trinajstić information content (AvgIpc) is 2.74. The molecular weight excluding hydrogens is 240 g/mol. The molecule has 0 unspecified atom stereocenters. The van der Waals surface area contributed by atoms with Gasteiger partial charge in [-0.2, -0.15) is 0 Å². The summed E-state index contributed by atoms with van der Waals surface area (Å²) in [7, 11) is 0. The number of benzene rings is 1. The van der Waals surface area contributed by atoms with Crippen molar-refractivity contribution >= 4 is 11.7 Å². The van der Waals surface area contributed by atoms with E-state index < -0.39 is 0 Å². The molecule has 0 saturated heterocycles. The number of nitrogens with zero attached hydrogens (tertiary/aromatic N) is 1. The van der Waals surface area contributed by atoms with Crippen molar-refractivity contribution in [3.05, 3.63) is 47.2 Å². The van der Waals surface area contributed by atoms with Crippen molar-refractivity contribution in [3.8, 4) is 0 Å². The first-order chi connectivity index (χ1) is 8.86. The molecule has 0 aliphatic heterocycles. The Kier molecular flexibility index (Phi) is 3.42. The molecule has 1 N–H and O–H groups in total. The minimum absolute atomic E-state index is 0.0816. The molecule has 0 aliphatic rings. The van der Waals surface area contributed by atoms with Gasteiger partial charge >= 0.3 is 0 Å². The molecular formula is C15H18N2O2. The van der Waals surface area contributed by atoms with Crippen molar-refractivity contribution in [1.82, 2.24) is 5.16 Å². The molecule has 1 heterocycles. The second-order valence-corrected chi connectivity index (χ2v) is 5.60. The van der Waals surface area contributed by atoms with Gasteiger partial charge < -0.3 is 9.84 Å². The smallest absolute Gasteiger partial charge is 0.256 e. The van der Waals surface area contributed by atoms with E-state index >= 15 is 0 Å². The molecule has 4 nitrogen and oxygen atoms in total. The first-order valence-corrected chi connectivity index (χ1v) is 6.21. The molecule has 4 heteroatoms. The number of aromatic nitrogens is 1. The molecule has 2 aromatic rings. The third-order valence-corrected chi connectivity index (χ3v) is 2.88. The Morgan fingerprint density at radius 3 is 2.32 bits per heavy atom. The highest BCUT2D eigenvalue weighted by Crippen LogP contribution is 2.22. The van der Waals surface area contributed by atoms with E-state index in [1.54, 1.807) is 13.0 Å². The van der Waals surface area contributed by atoms with Gasteiger partial charge in [-0.1, -0.05) is 38.1 Å². The predicted octanol–water partition coefficient (Wildman–Crippen LogP) is 3.53. The number of anilines is 1. The maximum Gasteiger partial charge on any atom is 0.256 e. The van der Waals surface area contributed by atoms with Gasteiger partial charge in [0.2, 0.25) is 0 Å². The lowest BCUT2D eigenvalue weighted by atomic mass is 9.87. The lowest BCUT2D eigenvalue weighted by Gasteiger charge is -2.18. The number of nitrogens with one attached hydrogen (secondary N) is 1. The summed E-state index contributed by atoms with van der Waals surface area (Å²) in [6.45, 7) is 8.20. The molecule has 1 amide bonds. The van der Waals surface area contributed by atoms with E-state index in [2.05, 4.69) is 31.2 Å². The van der Waals surface area contributed by atoms with Crippen molar-refractivity contribution in [2.45, 2.75) is 33.1 Å². The van der Waals surface area contributed by atoms with Crippen LogP contribution >= 0.6 is 0 Å². The second kappa shape index (κ2) is 4.88. The highest BCUT2D eigenvalue weighted by Gasteiger charge is 2.14. The second-order valence-electron chi connectivity index (χ2n) is 5.60. The van der Waals surface area contributed by atoms with Gasteiger partial charge in [0.1, 0.15) is 5.76 Å². The summed E-state index contributed by atoms with van der Waals surface area (Å²) in [6, 6.07) is 9.28. The minimum atomic E-state index is -0.186. The highest BCUT2D eigenvalue weighted by atomic mass is 16.5. The van der Waals surface area contributed by atoms with E-state index in [0.29, 0.717) is 17.1 Å². The Balaban J connectivity index is 2.12. The maximum atomic E-state index is 12.0. The number of hydrogen-bond donors (Lipinski definition) is 1. The van der Waals surface area contributed by atoms with Crippen LogP contribution in [0.5, 0.6) is 0 Å². The molecule has 100 valence electrons. The Morgan fingerprint density at radius 1 is 1.21 bits per heavy atom. The Hall–Kier alpha value is -2.10. The Labute approximate surface area is 112 Å². The zero-order valence-corrected chi connectivity index (χ0v) is 11.7. The van der Waals surface area contributed by atoms with Crippen LogP contribution in [-0.4, -0.2) is 11.1 Å².